The lowest BCUT2D eigenvalue weighted by molar-refractivity contribution is 0.161. The minimum Gasteiger partial charge on any atom is -0.379 e. The molecule has 0 aromatic carbocycles. The van der Waals surface area contributed by atoms with Crippen molar-refractivity contribution in [1.82, 2.24) is 10.2 Å². The molecular weight excluding hydrogens is 216 g/mol. The zero-order valence-corrected chi connectivity index (χ0v) is 10.4. The molecule has 0 aromatic heterocycles. The van der Waals surface area contributed by atoms with Gasteiger partial charge in [-0.15, -0.1) is 0 Å². The molecule has 1 saturated carbocycles. The molecule has 4 nitrogen and oxygen atoms in total. The third-order valence-corrected chi connectivity index (χ3v) is 4.53. The number of hydrogen-bond acceptors (Lipinski definition) is 2. The number of likely N-dealkylation sites (tertiary alicyclic amines) is 1. The van der Waals surface area contributed by atoms with Crippen LogP contribution >= 0.6 is 0 Å². The second-order valence-corrected chi connectivity index (χ2v) is 5.60. The Labute approximate surface area is 103 Å². The van der Waals surface area contributed by atoms with Crippen LogP contribution in [0.3, 0.4) is 0 Å². The molecule has 0 spiro atoms. The molecule has 2 amide bonds. The largest absolute Gasteiger partial charge is 0.379 e. The molecule has 2 aliphatic heterocycles. The van der Waals surface area contributed by atoms with E-state index in [9.17, 15) is 4.79 Å². The predicted molar refractivity (Wildman–Crippen MR) is 64.8 cm³/mol. The van der Waals surface area contributed by atoms with Gasteiger partial charge in [-0.3, -0.25) is 0 Å². The summed E-state index contributed by atoms with van der Waals surface area (Å²) in [4.78, 5) is 14.3. The van der Waals surface area contributed by atoms with Crippen molar-refractivity contribution in [3.8, 4) is 0 Å². The first-order valence-electron chi connectivity index (χ1n) is 6.99. The van der Waals surface area contributed by atoms with Crippen molar-refractivity contribution in [3.05, 3.63) is 0 Å². The van der Waals surface area contributed by atoms with E-state index in [-0.39, 0.29) is 12.1 Å². The SMILES string of the molecule is O=C(NC1CCOC1)N1CCC2CCCCC21. The highest BCUT2D eigenvalue weighted by atomic mass is 16.5. The quantitative estimate of drug-likeness (QED) is 0.756. The fourth-order valence-electron chi connectivity index (χ4n) is 3.56. The summed E-state index contributed by atoms with van der Waals surface area (Å²) in [6.45, 7) is 2.43. The summed E-state index contributed by atoms with van der Waals surface area (Å²) in [6.07, 6.45) is 7.34. The van der Waals surface area contributed by atoms with Crippen LogP contribution in [0.4, 0.5) is 4.79 Å². The number of carbonyl (C=O) groups is 1. The molecule has 17 heavy (non-hydrogen) atoms. The molecule has 3 rings (SSSR count). The van der Waals surface area contributed by atoms with Crippen molar-refractivity contribution in [2.45, 2.75) is 50.6 Å². The van der Waals surface area contributed by atoms with Crippen LogP contribution in [-0.4, -0.2) is 42.8 Å². The number of nitrogens with zero attached hydrogens (tertiary/aromatic N) is 1. The van der Waals surface area contributed by atoms with Crippen LogP contribution in [0.1, 0.15) is 38.5 Å². The first-order chi connectivity index (χ1) is 8.34. The van der Waals surface area contributed by atoms with Crippen LogP contribution in [0, 0.1) is 5.92 Å². The van der Waals surface area contributed by atoms with Gasteiger partial charge in [0.05, 0.1) is 12.6 Å². The molecule has 2 heterocycles. The van der Waals surface area contributed by atoms with E-state index in [0.717, 1.165) is 25.5 Å². The highest BCUT2D eigenvalue weighted by Gasteiger charge is 2.38. The number of hydrogen-bond donors (Lipinski definition) is 1. The summed E-state index contributed by atoms with van der Waals surface area (Å²) < 4.78 is 5.29. The third-order valence-electron chi connectivity index (χ3n) is 4.53. The molecule has 0 bridgehead atoms. The van der Waals surface area contributed by atoms with Gasteiger partial charge in [0.2, 0.25) is 0 Å². The Morgan fingerprint density at radius 1 is 1.18 bits per heavy atom. The minimum atomic E-state index is 0.148. The molecule has 1 N–H and O–H groups in total. The summed E-state index contributed by atoms with van der Waals surface area (Å²) in [6, 6.07) is 0.908. The number of rotatable bonds is 1. The second-order valence-electron chi connectivity index (χ2n) is 5.60. The van der Waals surface area contributed by atoms with Gasteiger partial charge < -0.3 is 15.0 Å². The van der Waals surface area contributed by atoms with E-state index in [0.29, 0.717) is 12.6 Å². The van der Waals surface area contributed by atoms with Gasteiger partial charge in [0.1, 0.15) is 0 Å². The molecular formula is C13H22N2O2. The predicted octanol–water partition coefficient (Wildman–Crippen LogP) is 1.75. The fraction of sp³-hybridized carbons (Fsp3) is 0.923. The first kappa shape index (κ1) is 11.3. The molecule has 3 fully saturated rings. The Morgan fingerprint density at radius 2 is 2.06 bits per heavy atom. The van der Waals surface area contributed by atoms with Crippen molar-refractivity contribution in [2.75, 3.05) is 19.8 Å². The Balaban J connectivity index is 1.57. The highest BCUT2D eigenvalue weighted by molar-refractivity contribution is 5.75. The van der Waals surface area contributed by atoms with Crippen LogP contribution in [0.5, 0.6) is 0 Å². The molecule has 2 saturated heterocycles. The van der Waals surface area contributed by atoms with Crippen molar-refractivity contribution < 1.29 is 9.53 Å². The average Bonchev–Trinajstić information content (AvgIpc) is 2.96. The maximum absolute atomic E-state index is 12.2. The number of ether oxygens (including phenoxy) is 1. The monoisotopic (exact) mass is 238 g/mol. The molecule has 3 unspecified atom stereocenters. The van der Waals surface area contributed by atoms with Gasteiger partial charge in [-0.2, -0.15) is 0 Å². The molecule has 4 heteroatoms. The topological polar surface area (TPSA) is 41.6 Å². The molecule has 0 aromatic rings. The lowest BCUT2D eigenvalue weighted by Gasteiger charge is -2.32. The molecule has 0 radical (unpaired) electrons. The first-order valence-corrected chi connectivity index (χ1v) is 6.99. The standard InChI is InChI=1S/C13H22N2O2/c16-13(14-11-6-8-17-9-11)15-7-5-10-3-1-2-4-12(10)15/h10-12H,1-9H2,(H,14,16). The number of fused-ring (bicyclic) bond motifs is 1. The minimum absolute atomic E-state index is 0.148. The van der Waals surface area contributed by atoms with Gasteiger partial charge in [-0.1, -0.05) is 12.8 Å². The van der Waals surface area contributed by atoms with E-state index in [1.54, 1.807) is 0 Å². The Hall–Kier alpha value is -0.770. The van der Waals surface area contributed by atoms with Crippen LogP contribution < -0.4 is 5.32 Å². The van der Waals surface area contributed by atoms with Gasteiger partial charge in [0.25, 0.3) is 0 Å². The molecule has 3 aliphatic rings. The van der Waals surface area contributed by atoms with Gasteiger partial charge >= 0.3 is 6.03 Å². The van der Waals surface area contributed by atoms with Crippen molar-refractivity contribution in [2.24, 2.45) is 5.92 Å². The van der Waals surface area contributed by atoms with Crippen molar-refractivity contribution in [3.63, 3.8) is 0 Å². The summed E-state index contributed by atoms with van der Waals surface area (Å²) in [5.41, 5.74) is 0. The van der Waals surface area contributed by atoms with Crippen LogP contribution in [0.2, 0.25) is 0 Å². The second kappa shape index (κ2) is 4.84. The van der Waals surface area contributed by atoms with Gasteiger partial charge in [0, 0.05) is 19.2 Å². The molecule has 1 aliphatic carbocycles. The molecule has 3 atom stereocenters. The Morgan fingerprint density at radius 3 is 2.88 bits per heavy atom. The zero-order chi connectivity index (χ0) is 11.7. The summed E-state index contributed by atoms with van der Waals surface area (Å²) in [5, 5.41) is 3.12. The van der Waals surface area contributed by atoms with Crippen molar-refractivity contribution in [1.29, 1.82) is 0 Å². The van der Waals surface area contributed by atoms with E-state index >= 15 is 0 Å². The average molecular weight is 238 g/mol. The van der Waals surface area contributed by atoms with Gasteiger partial charge in [0.15, 0.2) is 0 Å². The summed E-state index contributed by atoms with van der Waals surface area (Å²) >= 11 is 0. The van der Waals surface area contributed by atoms with E-state index in [2.05, 4.69) is 10.2 Å². The summed E-state index contributed by atoms with van der Waals surface area (Å²) in [5.74, 6) is 0.773. The zero-order valence-electron chi connectivity index (χ0n) is 10.4. The fourth-order valence-corrected chi connectivity index (χ4v) is 3.56. The van der Waals surface area contributed by atoms with Gasteiger partial charge in [-0.25, -0.2) is 4.79 Å². The van der Waals surface area contributed by atoms with E-state index in [1.165, 1.54) is 32.1 Å². The van der Waals surface area contributed by atoms with Gasteiger partial charge in [-0.05, 0) is 31.6 Å². The maximum atomic E-state index is 12.2. The smallest absolute Gasteiger partial charge is 0.317 e. The maximum Gasteiger partial charge on any atom is 0.317 e. The van der Waals surface area contributed by atoms with Crippen LogP contribution in [-0.2, 0) is 4.74 Å². The number of carbonyl (C=O) groups excluding carboxylic acids is 1. The lowest BCUT2D eigenvalue weighted by atomic mass is 9.85. The number of amides is 2. The lowest BCUT2D eigenvalue weighted by Crippen LogP contribution is -2.48. The summed E-state index contributed by atoms with van der Waals surface area (Å²) in [7, 11) is 0. The number of nitrogens with one attached hydrogen (secondary N) is 1. The molecule has 96 valence electrons. The Kier molecular flexibility index (Phi) is 3.23. The van der Waals surface area contributed by atoms with E-state index in [4.69, 9.17) is 4.74 Å². The van der Waals surface area contributed by atoms with Crippen LogP contribution in [0.15, 0.2) is 0 Å². The van der Waals surface area contributed by atoms with E-state index < -0.39 is 0 Å². The Bertz CT molecular complexity index is 289. The normalized spacial score (nSPS) is 36.9. The van der Waals surface area contributed by atoms with E-state index in [1.807, 2.05) is 0 Å². The highest BCUT2D eigenvalue weighted by Crippen LogP contribution is 2.36. The third kappa shape index (κ3) is 2.28. The number of urea groups is 1. The van der Waals surface area contributed by atoms with Crippen molar-refractivity contribution >= 4 is 6.03 Å². The van der Waals surface area contributed by atoms with Crippen LogP contribution in [0.25, 0.3) is 0 Å².